The molecule has 0 fully saturated rings. The van der Waals surface area contributed by atoms with Crippen LogP contribution in [-0.4, -0.2) is 64.9 Å². The van der Waals surface area contributed by atoms with Gasteiger partial charge in [0.2, 0.25) is 0 Å². The van der Waals surface area contributed by atoms with Gasteiger partial charge in [0.1, 0.15) is 0 Å². The highest BCUT2D eigenvalue weighted by Gasteiger charge is 2.20. The van der Waals surface area contributed by atoms with Crippen molar-refractivity contribution in [3.8, 4) is 0 Å². The summed E-state index contributed by atoms with van der Waals surface area (Å²) >= 11 is 0. The monoisotopic (exact) mass is 476 g/mol. The molecule has 5 nitrogen and oxygen atoms in total. The van der Waals surface area contributed by atoms with Crippen molar-refractivity contribution in [2.24, 2.45) is 4.99 Å². The van der Waals surface area contributed by atoms with E-state index in [4.69, 9.17) is 4.74 Å². The summed E-state index contributed by atoms with van der Waals surface area (Å²) in [7, 11) is 5.70. The fourth-order valence-corrected chi connectivity index (χ4v) is 2.65. The van der Waals surface area contributed by atoms with Crippen molar-refractivity contribution < 1.29 is 4.74 Å². The number of halogens is 1. The minimum absolute atomic E-state index is 0. The Morgan fingerprint density at radius 1 is 1.23 bits per heavy atom. The molecule has 0 aromatic heterocycles. The highest BCUT2D eigenvalue weighted by atomic mass is 127. The number of nitrogens with zero attached hydrogens (tertiary/aromatic N) is 2. The Kier molecular flexibility index (Phi) is 12.9. The first kappa shape index (κ1) is 25.1. The van der Waals surface area contributed by atoms with E-state index in [2.05, 4.69) is 72.6 Å². The first-order chi connectivity index (χ1) is 11.9. The van der Waals surface area contributed by atoms with Gasteiger partial charge in [0.15, 0.2) is 5.96 Å². The Labute approximate surface area is 177 Å². The lowest BCUT2D eigenvalue weighted by atomic mass is 9.84. The van der Waals surface area contributed by atoms with E-state index < -0.39 is 0 Å². The van der Waals surface area contributed by atoms with Crippen molar-refractivity contribution in [1.82, 2.24) is 15.5 Å². The second kappa shape index (κ2) is 13.3. The van der Waals surface area contributed by atoms with Gasteiger partial charge in [0.05, 0.1) is 0 Å². The third kappa shape index (κ3) is 9.73. The van der Waals surface area contributed by atoms with Crippen molar-refractivity contribution in [3.05, 3.63) is 35.4 Å². The number of aryl methyl sites for hydroxylation is 1. The number of nitrogens with one attached hydrogen (secondary N) is 2. The molecule has 150 valence electrons. The molecule has 0 aliphatic carbocycles. The van der Waals surface area contributed by atoms with Gasteiger partial charge in [-0.3, -0.25) is 4.99 Å². The predicted molar refractivity (Wildman–Crippen MR) is 123 cm³/mol. The van der Waals surface area contributed by atoms with Gasteiger partial charge < -0.3 is 20.3 Å². The average molecular weight is 476 g/mol. The molecular formula is C20H37IN4O. The van der Waals surface area contributed by atoms with Gasteiger partial charge in [0.25, 0.3) is 0 Å². The average Bonchev–Trinajstić information content (AvgIpc) is 2.58. The molecule has 26 heavy (non-hydrogen) atoms. The number of hydrogen-bond acceptors (Lipinski definition) is 3. The lowest BCUT2D eigenvalue weighted by Gasteiger charge is -2.27. The van der Waals surface area contributed by atoms with E-state index in [1.807, 2.05) is 7.05 Å². The molecule has 0 aliphatic heterocycles. The first-order valence-corrected chi connectivity index (χ1v) is 9.08. The standard InChI is InChI=1S/C20H36N4O.HI/c1-17-9-7-10-18(15-17)20(2,3)16-23-19(21-4)22-11-13-24(5)12-8-14-25-6;/h7,9-10,15H,8,11-14,16H2,1-6H3,(H2,21,22,23);1H. The largest absolute Gasteiger partial charge is 0.385 e. The normalized spacial score (nSPS) is 12.0. The summed E-state index contributed by atoms with van der Waals surface area (Å²) in [5.41, 5.74) is 2.68. The SMILES string of the molecule is CN=C(NCCN(C)CCCOC)NCC(C)(C)c1cccc(C)c1.I. The molecule has 0 bridgehead atoms. The zero-order valence-corrected chi connectivity index (χ0v) is 19.6. The molecule has 0 unspecified atom stereocenters. The van der Waals surface area contributed by atoms with Gasteiger partial charge >= 0.3 is 0 Å². The van der Waals surface area contributed by atoms with E-state index in [-0.39, 0.29) is 29.4 Å². The number of ether oxygens (including phenoxy) is 1. The molecule has 0 aliphatic rings. The number of guanidine groups is 1. The van der Waals surface area contributed by atoms with Gasteiger partial charge in [-0.05, 0) is 26.0 Å². The first-order valence-electron chi connectivity index (χ1n) is 9.08. The van der Waals surface area contributed by atoms with Crippen LogP contribution < -0.4 is 10.6 Å². The van der Waals surface area contributed by atoms with Crippen molar-refractivity contribution in [1.29, 1.82) is 0 Å². The Morgan fingerprint density at radius 3 is 2.58 bits per heavy atom. The molecule has 1 aromatic carbocycles. The van der Waals surface area contributed by atoms with Crippen LogP contribution in [0.15, 0.2) is 29.3 Å². The Morgan fingerprint density at radius 2 is 1.96 bits per heavy atom. The number of methoxy groups -OCH3 is 1. The van der Waals surface area contributed by atoms with Crippen molar-refractivity contribution >= 4 is 29.9 Å². The summed E-state index contributed by atoms with van der Waals surface area (Å²) < 4.78 is 5.09. The second-order valence-electron chi connectivity index (χ2n) is 7.26. The summed E-state index contributed by atoms with van der Waals surface area (Å²) in [5, 5.41) is 6.85. The minimum atomic E-state index is 0. The molecule has 0 heterocycles. The van der Waals surface area contributed by atoms with Crippen molar-refractivity contribution in [2.45, 2.75) is 32.6 Å². The molecule has 0 amide bonds. The van der Waals surface area contributed by atoms with E-state index in [9.17, 15) is 0 Å². The Balaban J connectivity index is 0.00000625. The van der Waals surface area contributed by atoms with Crippen LogP contribution in [0.1, 0.15) is 31.4 Å². The van der Waals surface area contributed by atoms with Gasteiger partial charge in [-0.25, -0.2) is 0 Å². The van der Waals surface area contributed by atoms with Crippen LogP contribution in [0.3, 0.4) is 0 Å². The lowest BCUT2D eigenvalue weighted by molar-refractivity contribution is 0.180. The number of aliphatic imine (C=N–C) groups is 1. The zero-order chi connectivity index (χ0) is 18.7. The van der Waals surface area contributed by atoms with Crippen LogP contribution in [0.4, 0.5) is 0 Å². The maximum atomic E-state index is 5.09. The Bertz CT molecular complexity index is 534. The van der Waals surface area contributed by atoms with Crippen LogP contribution >= 0.6 is 24.0 Å². The Hall–Kier alpha value is -0.860. The quantitative estimate of drug-likeness (QED) is 0.236. The fourth-order valence-electron chi connectivity index (χ4n) is 2.65. The summed E-state index contributed by atoms with van der Waals surface area (Å²) in [4.78, 5) is 6.63. The summed E-state index contributed by atoms with van der Waals surface area (Å²) in [5.74, 6) is 0.853. The van der Waals surface area contributed by atoms with Crippen LogP contribution in [0.2, 0.25) is 0 Å². The van der Waals surface area contributed by atoms with E-state index in [1.54, 1.807) is 7.11 Å². The molecule has 0 saturated heterocycles. The maximum absolute atomic E-state index is 5.09. The number of rotatable bonds is 10. The summed E-state index contributed by atoms with van der Waals surface area (Å²) in [6.45, 7) is 11.2. The third-order valence-electron chi connectivity index (χ3n) is 4.40. The van der Waals surface area contributed by atoms with Gasteiger partial charge in [-0.15, -0.1) is 24.0 Å². The van der Waals surface area contributed by atoms with Crippen LogP contribution in [0.5, 0.6) is 0 Å². The molecule has 0 saturated carbocycles. The number of likely N-dealkylation sites (N-methyl/N-ethyl adjacent to an activating group) is 1. The van der Waals surface area contributed by atoms with E-state index in [0.717, 1.165) is 45.2 Å². The molecule has 6 heteroatoms. The highest BCUT2D eigenvalue weighted by Crippen LogP contribution is 2.22. The molecule has 0 spiro atoms. The summed E-state index contributed by atoms with van der Waals surface area (Å²) in [6, 6.07) is 8.71. The van der Waals surface area contributed by atoms with E-state index in [1.165, 1.54) is 11.1 Å². The van der Waals surface area contributed by atoms with Crippen molar-refractivity contribution in [3.63, 3.8) is 0 Å². The van der Waals surface area contributed by atoms with Crippen LogP contribution in [0, 0.1) is 6.92 Å². The highest BCUT2D eigenvalue weighted by molar-refractivity contribution is 14.0. The zero-order valence-electron chi connectivity index (χ0n) is 17.3. The number of benzene rings is 1. The minimum Gasteiger partial charge on any atom is -0.385 e. The topological polar surface area (TPSA) is 48.9 Å². The molecule has 2 N–H and O–H groups in total. The molecule has 0 radical (unpaired) electrons. The van der Waals surface area contributed by atoms with Crippen LogP contribution in [-0.2, 0) is 10.2 Å². The van der Waals surface area contributed by atoms with Crippen LogP contribution in [0.25, 0.3) is 0 Å². The smallest absolute Gasteiger partial charge is 0.191 e. The van der Waals surface area contributed by atoms with E-state index in [0.29, 0.717) is 0 Å². The van der Waals surface area contributed by atoms with E-state index >= 15 is 0 Å². The molecule has 0 atom stereocenters. The summed E-state index contributed by atoms with van der Waals surface area (Å²) in [6.07, 6.45) is 1.06. The van der Waals surface area contributed by atoms with Gasteiger partial charge in [-0.2, -0.15) is 0 Å². The fraction of sp³-hybridized carbons (Fsp3) is 0.650. The predicted octanol–water partition coefficient (Wildman–Crippen LogP) is 3.02. The molecule has 1 rings (SSSR count). The number of hydrogen-bond donors (Lipinski definition) is 2. The van der Waals surface area contributed by atoms with Gasteiger partial charge in [-0.1, -0.05) is 43.7 Å². The van der Waals surface area contributed by atoms with Crippen molar-refractivity contribution in [2.75, 3.05) is 54.0 Å². The van der Waals surface area contributed by atoms with Gasteiger partial charge in [0, 0.05) is 52.4 Å². The third-order valence-corrected chi connectivity index (χ3v) is 4.40. The molecule has 1 aromatic rings. The lowest BCUT2D eigenvalue weighted by Crippen LogP contribution is -2.45. The second-order valence-corrected chi connectivity index (χ2v) is 7.26. The molecular weight excluding hydrogens is 439 g/mol. The maximum Gasteiger partial charge on any atom is 0.191 e.